The Morgan fingerprint density at radius 3 is 2.46 bits per heavy atom. The van der Waals surface area contributed by atoms with Crippen LogP contribution in [0.15, 0.2) is 59.2 Å². The second-order valence-corrected chi connectivity index (χ2v) is 10.1. The van der Waals surface area contributed by atoms with Crippen molar-refractivity contribution in [1.29, 1.82) is 0 Å². The molecule has 1 aliphatic carbocycles. The molecule has 2 heterocycles. The normalized spacial score (nSPS) is 33.7. The Morgan fingerprint density at radius 1 is 1.09 bits per heavy atom. The number of aromatic hydroxyl groups is 1. The number of phenolic OH excluding ortho intramolecular Hbond substituents is 1. The Hall–Kier alpha value is -3.19. The van der Waals surface area contributed by atoms with Crippen molar-refractivity contribution in [2.24, 2.45) is 17.8 Å². The molecular formula is C28H33NO6. The molecule has 0 saturated carbocycles. The quantitative estimate of drug-likeness (QED) is 0.444. The number of allylic oxidation sites excluding steroid dienone is 2. The van der Waals surface area contributed by atoms with Gasteiger partial charge in [-0.15, -0.1) is 0 Å². The van der Waals surface area contributed by atoms with E-state index in [0.29, 0.717) is 18.4 Å². The van der Waals surface area contributed by atoms with E-state index in [1.165, 1.54) is 0 Å². The Kier molecular flexibility index (Phi) is 6.73. The van der Waals surface area contributed by atoms with Gasteiger partial charge in [-0.1, -0.05) is 42.9 Å². The van der Waals surface area contributed by atoms with E-state index in [2.05, 4.69) is 5.32 Å². The number of carbonyl (C=O) groups excluding carboxylic acids is 3. The molecule has 3 N–H and O–H groups in total. The fourth-order valence-corrected chi connectivity index (χ4v) is 5.74. The van der Waals surface area contributed by atoms with E-state index in [1.807, 2.05) is 26.8 Å². The average Bonchev–Trinajstić information content (AvgIpc) is 3.09. The van der Waals surface area contributed by atoms with E-state index in [1.54, 1.807) is 43.3 Å². The van der Waals surface area contributed by atoms with E-state index >= 15 is 0 Å². The molecule has 186 valence electrons. The summed E-state index contributed by atoms with van der Waals surface area (Å²) in [6.07, 6.45) is 4.88. The van der Waals surface area contributed by atoms with Crippen LogP contribution in [0.25, 0.3) is 0 Å². The molecule has 4 rings (SSSR count). The SMILES string of the molecule is CC1=CCC(=O)OC23C(=O)NC(Cc4ccc(O)cc4)C2C(C)=C(C)C(O)C3C=CCC(C)C1=O. The van der Waals surface area contributed by atoms with Crippen LogP contribution in [-0.4, -0.2) is 45.6 Å². The zero-order chi connectivity index (χ0) is 25.5. The number of hydrogen-bond donors (Lipinski definition) is 3. The van der Waals surface area contributed by atoms with Crippen molar-refractivity contribution in [3.63, 3.8) is 0 Å². The van der Waals surface area contributed by atoms with Crippen molar-refractivity contribution >= 4 is 17.7 Å². The smallest absolute Gasteiger partial charge is 0.310 e. The molecule has 0 radical (unpaired) electrons. The molecule has 1 amide bonds. The summed E-state index contributed by atoms with van der Waals surface area (Å²) in [6, 6.07) is 6.42. The van der Waals surface area contributed by atoms with Crippen molar-refractivity contribution in [1.82, 2.24) is 5.32 Å². The van der Waals surface area contributed by atoms with Gasteiger partial charge in [-0.25, -0.2) is 0 Å². The lowest BCUT2D eigenvalue weighted by Crippen LogP contribution is -2.59. The molecular weight excluding hydrogens is 446 g/mol. The molecule has 7 heteroatoms. The summed E-state index contributed by atoms with van der Waals surface area (Å²) in [5.74, 6) is -2.50. The fourth-order valence-electron chi connectivity index (χ4n) is 5.74. The summed E-state index contributed by atoms with van der Waals surface area (Å²) >= 11 is 0. The number of ketones is 1. The Labute approximate surface area is 205 Å². The standard InChI is InChI=1S/C28H33NO6/c1-15-6-5-7-21-26(33)18(4)17(3)24-22(14-19-9-11-20(30)12-10-19)29-27(34)28(21,24)35-23(31)13-8-16(2)25(15)32/h5,7-12,15,21-22,24,26,30,33H,6,13-14H2,1-4H3,(H,29,34). The second-order valence-electron chi connectivity index (χ2n) is 10.1. The van der Waals surface area contributed by atoms with Crippen LogP contribution >= 0.6 is 0 Å². The highest BCUT2D eigenvalue weighted by atomic mass is 16.6. The first-order chi connectivity index (χ1) is 16.6. The van der Waals surface area contributed by atoms with Crippen LogP contribution in [0, 0.1) is 17.8 Å². The molecule has 35 heavy (non-hydrogen) atoms. The molecule has 1 saturated heterocycles. The van der Waals surface area contributed by atoms with Gasteiger partial charge in [0.05, 0.1) is 24.4 Å². The largest absolute Gasteiger partial charge is 0.508 e. The van der Waals surface area contributed by atoms with Gasteiger partial charge in [0.25, 0.3) is 5.91 Å². The van der Waals surface area contributed by atoms with Crippen LogP contribution in [0.1, 0.15) is 46.1 Å². The van der Waals surface area contributed by atoms with Gasteiger partial charge in [-0.05, 0) is 62.5 Å². The lowest BCUT2D eigenvalue weighted by Gasteiger charge is -2.46. The van der Waals surface area contributed by atoms with Gasteiger partial charge < -0.3 is 20.3 Å². The van der Waals surface area contributed by atoms with E-state index in [4.69, 9.17) is 4.74 Å². The van der Waals surface area contributed by atoms with Crippen molar-refractivity contribution < 1.29 is 29.3 Å². The number of nitrogens with one attached hydrogen (secondary N) is 1. The zero-order valence-electron chi connectivity index (χ0n) is 20.6. The highest BCUT2D eigenvalue weighted by Crippen LogP contribution is 2.50. The number of carbonyl (C=O) groups is 3. The maximum atomic E-state index is 13.7. The summed E-state index contributed by atoms with van der Waals surface area (Å²) in [5, 5.41) is 24.0. The zero-order valence-corrected chi connectivity index (χ0v) is 20.6. The number of hydrogen-bond acceptors (Lipinski definition) is 6. The fraction of sp³-hybridized carbons (Fsp3) is 0.464. The average molecular weight is 480 g/mol. The lowest BCUT2D eigenvalue weighted by molar-refractivity contribution is -0.179. The molecule has 1 aromatic rings. The minimum absolute atomic E-state index is 0.0423. The van der Waals surface area contributed by atoms with Crippen LogP contribution in [0.3, 0.4) is 0 Å². The summed E-state index contributed by atoms with van der Waals surface area (Å²) < 4.78 is 6.05. The van der Waals surface area contributed by atoms with Crippen LogP contribution in [-0.2, 0) is 25.5 Å². The van der Waals surface area contributed by atoms with Gasteiger partial charge in [0, 0.05) is 12.0 Å². The Balaban J connectivity index is 1.81. The monoisotopic (exact) mass is 479 g/mol. The van der Waals surface area contributed by atoms with Crippen LogP contribution < -0.4 is 5.32 Å². The molecule has 1 aromatic carbocycles. The Bertz CT molecular complexity index is 1130. The first-order valence-electron chi connectivity index (χ1n) is 12.1. The number of esters is 1. The third-order valence-electron chi connectivity index (χ3n) is 7.82. The predicted octanol–water partition coefficient (Wildman–Crippen LogP) is 3.16. The summed E-state index contributed by atoms with van der Waals surface area (Å²) in [7, 11) is 0. The van der Waals surface area contributed by atoms with E-state index < -0.39 is 35.4 Å². The van der Waals surface area contributed by atoms with Crippen molar-refractivity contribution in [3.8, 4) is 5.75 Å². The van der Waals surface area contributed by atoms with Crippen LogP contribution in [0.4, 0.5) is 0 Å². The summed E-state index contributed by atoms with van der Waals surface area (Å²) in [4.78, 5) is 39.3. The number of amides is 1. The molecule has 0 bridgehead atoms. The molecule has 6 atom stereocenters. The molecule has 3 aliphatic rings. The minimum Gasteiger partial charge on any atom is -0.508 e. The van der Waals surface area contributed by atoms with Crippen LogP contribution in [0.2, 0.25) is 0 Å². The summed E-state index contributed by atoms with van der Waals surface area (Å²) in [6.45, 7) is 7.23. The van der Waals surface area contributed by atoms with Gasteiger partial charge in [-0.2, -0.15) is 0 Å². The van der Waals surface area contributed by atoms with Crippen molar-refractivity contribution in [3.05, 3.63) is 64.8 Å². The number of phenols is 1. The second kappa shape index (κ2) is 9.46. The van der Waals surface area contributed by atoms with E-state index in [0.717, 1.165) is 16.7 Å². The number of Topliss-reactive ketones (excluding diaryl/α,β-unsaturated/α-hetero) is 1. The van der Waals surface area contributed by atoms with E-state index in [-0.39, 0.29) is 29.9 Å². The number of ether oxygens (including phenoxy) is 1. The number of rotatable bonds is 2. The maximum Gasteiger partial charge on any atom is 0.310 e. The highest BCUT2D eigenvalue weighted by molar-refractivity contribution is 5.97. The number of aliphatic hydroxyl groups is 1. The number of benzene rings is 1. The molecule has 0 aromatic heterocycles. The van der Waals surface area contributed by atoms with Gasteiger partial charge in [0.1, 0.15) is 5.75 Å². The lowest BCUT2D eigenvalue weighted by atomic mass is 9.63. The minimum atomic E-state index is -1.60. The molecule has 1 fully saturated rings. The highest BCUT2D eigenvalue weighted by Gasteiger charge is 2.66. The first-order valence-corrected chi connectivity index (χ1v) is 12.1. The van der Waals surface area contributed by atoms with E-state index in [9.17, 15) is 24.6 Å². The van der Waals surface area contributed by atoms with Crippen molar-refractivity contribution in [2.75, 3.05) is 0 Å². The molecule has 6 unspecified atom stereocenters. The van der Waals surface area contributed by atoms with Gasteiger partial charge in [0.15, 0.2) is 5.78 Å². The molecule has 2 aliphatic heterocycles. The number of aliphatic hydroxyl groups excluding tert-OH is 1. The topological polar surface area (TPSA) is 113 Å². The van der Waals surface area contributed by atoms with Gasteiger partial charge in [0.2, 0.25) is 5.60 Å². The summed E-state index contributed by atoms with van der Waals surface area (Å²) in [5.41, 5.74) is 1.37. The van der Waals surface area contributed by atoms with Gasteiger partial charge in [-0.3, -0.25) is 14.4 Å². The maximum absolute atomic E-state index is 13.7. The third kappa shape index (κ3) is 4.33. The first kappa shape index (κ1) is 24.9. The van der Waals surface area contributed by atoms with Crippen molar-refractivity contribution in [2.45, 2.75) is 64.7 Å². The molecule has 7 nitrogen and oxygen atoms in total. The third-order valence-corrected chi connectivity index (χ3v) is 7.82. The van der Waals surface area contributed by atoms with Gasteiger partial charge >= 0.3 is 5.97 Å². The molecule has 1 spiro atoms. The predicted molar refractivity (Wildman–Crippen MR) is 130 cm³/mol. The Morgan fingerprint density at radius 2 is 1.77 bits per heavy atom. The van der Waals surface area contributed by atoms with Crippen LogP contribution in [0.5, 0.6) is 5.75 Å².